The number of nitrogens with two attached hydrogens (primary N) is 2. The van der Waals surface area contributed by atoms with Crippen LogP contribution in [0, 0.1) is 5.92 Å². The first-order chi connectivity index (χ1) is 16.5. The van der Waals surface area contributed by atoms with Gasteiger partial charge < -0.3 is 21.1 Å². The molecule has 0 saturated carbocycles. The van der Waals surface area contributed by atoms with Crippen LogP contribution in [0.25, 0.3) is 0 Å². The molecule has 186 valence electrons. The van der Waals surface area contributed by atoms with E-state index in [1.165, 1.54) is 35.4 Å². The maximum Gasteiger partial charge on any atom is 0.573 e. The molecule has 0 bridgehead atoms. The number of nitrogen functional groups attached to an aromatic ring is 1. The van der Waals surface area contributed by atoms with E-state index in [9.17, 15) is 27.6 Å². The third-order valence-electron chi connectivity index (χ3n) is 6.29. The van der Waals surface area contributed by atoms with Gasteiger partial charge in [-0.1, -0.05) is 12.1 Å². The van der Waals surface area contributed by atoms with E-state index in [4.69, 9.17) is 11.5 Å². The van der Waals surface area contributed by atoms with E-state index < -0.39 is 36.2 Å². The summed E-state index contributed by atoms with van der Waals surface area (Å²) in [5.41, 5.74) is 12.7. The van der Waals surface area contributed by atoms with Gasteiger partial charge in [-0.3, -0.25) is 14.5 Å². The maximum absolute atomic E-state index is 13.2. The molecule has 2 aromatic rings. The lowest BCUT2D eigenvalue weighted by molar-refractivity contribution is -0.274. The number of β-lactam (4-membered cyclic amide) rings is 1. The van der Waals surface area contributed by atoms with Gasteiger partial charge in [-0.25, -0.2) is 9.78 Å². The van der Waals surface area contributed by atoms with Crippen LogP contribution in [0.5, 0.6) is 5.75 Å². The lowest BCUT2D eigenvalue weighted by atomic mass is 9.82. The van der Waals surface area contributed by atoms with Gasteiger partial charge in [0.15, 0.2) is 0 Å². The zero-order valence-corrected chi connectivity index (χ0v) is 18.6. The molecular formula is C23H24F3N5O4. The standard InChI is InChI=1S/C23H24F3N5O4/c24-23(25,26)35-16-5-3-14(4-6-16)15-2-1-9-30(12-15)22(34)31-19(20(28)32)17(21(31)33)10-13-7-8-29-18(27)11-13/h3-8,11,15,17,19H,1-2,9-10,12H2,(H2,27,29)(H2,28,32)/t15?,17-,19+/m1/s1. The number of carbonyl (C=O) groups excluding carboxylic acids is 3. The molecule has 3 heterocycles. The van der Waals surface area contributed by atoms with Crippen molar-refractivity contribution < 1.29 is 32.3 Å². The number of halogens is 3. The first kappa shape index (κ1) is 24.3. The van der Waals surface area contributed by atoms with Crippen LogP contribution in [0.15, 0.2) is 42.6 Å². The van der Waals surface area contributed by atoms with Crippen molar-refractivity contribution in [2.75, 3.05) is 18.8 Å². The van der Waals surface area contributed by atoms with Gasteiger partial charge in [0.2, 0.25) is 11.8 Å². The molecule has 4 amide bonds. The first-order valence-corrected chi connectivity index (χ1v) is 11.0. The maximum atomic E-state index is 13.2. The van der Waals surface area contributed by atoms with Crippen LogP contribution in [-0.4, -0.2) is 58.1 Å². The summed E-state index contributed by atoms with van der Waals surface area (Å²) in [5.74, 6) is -2.26. The summed E-state index contributed by atoms with van der Waals surface area (Å²) < 4.78 is 41.1. The van der Waals surface area contributed by atoms with E-state index in [2.05, 4.69) is 9.72 Å². The number of pyridine rings is 1. The molecule has 0 radical (unpaired) electrons. The third-order valence-corrected chi connectivity index (χ3v) is 6.29. The fourth-order valence-electron chi connectivity index (χ4n) is 4.68. The molecule has 2 fully saturated rings. The fourth-order valence-corrected chi connectivity index (χ4v) is 4.68. The Labute approximate surface area is 198 Å². The van der Waals surface area contributed by atoms with Gasteiger partial charge >= 0.3 is 12.4 Å². The Morgan fingerprint density at radius 3 is 2.51 bits per heavy atom. The Balaban J connectivity index is 1.43. The minimum atomic E-state index is -4.78. The number of primary amides is 1. The Morgan fingerprint density at radius 1 is 1.17 bits per heavy atom. The smallest absolute Gasteiger partial charge is 0.406 e. The summed E-state index contributed by atoms with van der Waals surface area (Å²) in [6, 6.07) is 7.08. The molecule has 12 heteroatoms. The van der Waals surface area contributed by atoms with Crippen molar-refractivity contribution in [1.29, 1.82) is 0 Å². The van der Waals surface area contributed by atoms with Crippen LogP contribution in [0.4, 0.5) is 23.8 Å². The van der Waals surface area contributed by atoms with Crippen molar-refractivity contribution in [3.63, 3.8) is 0 Å². The number of hydrogen-bond donors (Lipinski definition) is 2. The predicted octanol–water partition coefficient (Wildman–Crippen LogP) is 2.42. The van der Waals surface area contributed by atoms with Gasteiger partial charge in [0, 0.05) is 25.2 Å². The number of carbonyl (C=O) groups is 3. The van der Waals surface area contributed by atoms with E-state index in [1.807, 2.05) is 0 Å². The van der Waals surface area contributed by atoms with Crippen molar-refractivity contribution in [3.8, 4) is 5.75 Å². The number of imide groups is 1. The Bertz CT molecular complexity index is 1120. The first-order valence-electron chi connectivity index (χ1n) is 11.0. The van der Waals surface area contributed by atoms with Crippen molar-refractivity contribution in [2.24, 2.45) is 11.7 Å². The van der Waals surface area contributed by atoms with Crippen LogP contribution in [-0.2, 0) is 16.0 Å². The van der Waals surface area contributed by atoms with Gasteiger partial charge in [0.1, 0.15) is 17.6 Å². The second kappa shape index (κ2) is 9.43. The minimum absolute atomic E-state index is 0.147. The summed E-state index contributed by atoms with van der Waals surface area (Å²) in [5, 5.41) is 0. The molecule has 2 saturated heterocycles. The summed E-state index contributed by atoms with van der Waals surface area (Å²) >= 11 is 0. The van der Waals surface area contributed by atoms with E-state index in [0.29, 0.717) is 24.9 Å². The molecule has 35 heavy (non-hydrogen) atoms. The zero-order chi connectivity index (χ0) is 25.3. The zero-order valence-electron chi connectivity index (χ0n) is 18.6. The van der Waals surface area contributed by atoms with E-state index in [0.717, 1.165) is 10.5 Å². The molecule has 0 aliphatic carbocycles. The Kier molecular flexibility index (Phi) is 6.55. The van der Waals surface area contributed by atoms with Crippen molar-refractivity contribution >= 4 is 23.7 Å². The molecule has 2 aliphatic heterocycles. The van der Waals surface area contributed by atoms with Gasteiger partial charge in [-0.05, 0) is 54.7 Å². The summed E-state index contributed by atoms with van der Waals surface area (Å²) in [6.45, 7) is 0.630. The average molecular weight is 491 g/mol. The van der Waals surface area contributed by atoms with Crippen LogP contribution in [0.2, 0.25) is 0 Å². The number of amides is 4. The summed E-state index contributed by atoms with van der Waals surface area (Å²) in [7, 11) is 0. The molecule has 2 aliphatic rings. The van der Waals surface area contributed by atoms with E-state index in [-0.39, 0.29) is 30.5 Å². The molecule has 0 spiro atoms. The number of aromatic nitrogens is 1. The highest BCUT2D eigenvalue weighted by Gasteiger charge is 2.54. The van der Waals surface area contributed by atoms with Gasteiger partial charge in [-0.15, -0.1) is 13.2 Å². The number of nitrogens with zero attached hydrogens (tertiary/aromatic N) is 3. The number of likely N-dealkylation sites (tertiary alicyclic amines) is 2. The SMILES string of the molecule is NC(=O)[C@@H]1[C@@H](Cc2ccnc(N)c2)C(=O)N1C(=O)N1CCCC(c2ccc(OC(F)(F)F)cc2)C1. The van der Waals surface area contributed by atoms with Gasteiger partial charge in [0.25, 0.3) is 0 Å². The highest BCUT2D eigenvalue weighted by atomic mass is 19.4. The number of ether oxygens (including phenoxy) is 1. The van der Waals surface area contributed by atoms with Crippen LogP contribution < -0.4 is 16.2 Å². The molecule has 3 atom stereocenters. The van der Waals surface area contributed by atoms with Gasteiger partial charge in [0.05, 0.1) is 5.92 Å². The molecule has 4 N–H and O–H groups in total. The highest BCUT2D eigenvalue weighted by molar-refractivity contribution is 6.08. The number of benzene rings is 1. The molecule has 1 aromatic carbocycles. The number of hydrogen-bond acceptors (Lipinski definition) is 6. The van der Waals surface area contributed by atoms with Crippen molar-refractivity contribution in [2.45, 2.75) is 37.6 Å². The molecular weight excluding hydrogens is 467 g/mol. The lowest BCUT2D eigenvalue weighted by Crippen LogP contribution is -2.70. The minimum Gasteiger partial charge on any atom is -0.406 e. The van der Waals surface area contributed by atoms with E-state index >= 15 is 0 Å². The van der Waals surface area contributed by atoms with Crippen LogP contribution >= 0.6 is 0 Å². The average Bonchev–Trinajstić information content (AvgIpc) is 2.80. The fraction of sp³-hybridized carbons (Fsp3) is 0.391. The van der Waals surface area contributed by atoms with Gasteiger partial charge in [-0.2, -0.15) is 0 Å². The summed E-state index contributed by atoms with van der Waals surface area (Å²) in [6.07, 6.45) is -1.76. The highest BCUT2D eigenvalue weighted by Crippen LogP contribution is 2.34. The summed E-state index contributed by atoms with van der Waals surface area (Å²) in [4.78, 5) is 44.5. The molecule has 1 aromatic heterocycles. The third kappa shape index (κ3) is 5.31. The number of piperidine rings is 1. The van der Waals surface area contributed by atoms with Crippen LogP contribution in [0.3, 0.4) is 0 Å². The monoisotopic (exact) mass is 491 g/mol. The molecule has 9 nitrogen and oxygen atoms in total. The largest absolute Gasteiger partial charge is 0.573 e. The van der Waals surface area contributed by atoms with E-state index in [1.54, 1.807) is 12.1 Å². The number of anilines is 1. The number of urea groups is 1. The molecule has 1 unspecified atom stereocenters. The topological polar surface area (TPSA) is 132 Å². The Hall–Kier alpha value is -3.83. The van der Waals surface area contributed by atoms with Crippen molar-refractivity contribution in [3.05, 3.63) is 53.7 Å². The predicted molar refractivity (Wildman–Crippen MR) is 118 cm³/mol. The second-order valence-corrected chi connectivity index (χ2v) is 8.64. The van der Waals surface area contributed by atoms with Crippen LogP contribution in [0.1, 0.15) is 29.9 Å². The Morgan fingerprint density at radius 2 is 1.89 bits per heavy atom. The second-order valence-electron chi connectivity index (χ2n) is 8.64. The molecule has 4 rings (SSSR count). The number of alkyl halides is 3. The normalized spacial score (nSPS) is 22.5. The quantitative estimate of drug-likeness (QED) is 0.618. The van der Waals surface area contributed by atoms with Crippen molar-refractivity contribution in [1.82, 2.24) is 14.8 Å². The number of rotatable bonds is 5. The lowest BCUT2D eigenvalue weighted by Gasteiger charge is -2.46.